The third-order valence-corrected chi connectivity index (χ3v) is 3.32. The van der Waals surface area contributed by atoms with Crippen LogP contribution in [0, 0.1) is 0 Å². The summed E-state index contributed by atoms with van der Waals surface area (Å²) in [6, 6.07) is 19.6. The summed E-state index contributed by atoms with van der Waals surface area (Å²) in [5.41, 5.74) is 1.09. The lowest BCUT2D eigenvalue weighted by Crippen LogP contribution is -2.40. The van der Waals surface area contributed by atoms with Crippen LogP contribution in [-0.2, 0) is 10.3 Å². The van der Waals surface area contributed by atoms with Gasteiger partial charge in [0, 0.05) is 7.11 Å². The highest BCUT2D eigenvalue weighted by molar-refractivity contribution is 5.37. The number of aliphatic hydroxyl groups excluding tert-OH is 1. The number of ether oxygens (including phenoxy) is 1. The van der Waals surface area contributed by atoms with Crippen LogP contribution in [0.25, 0.3) is 0 Å². The molecule has 0 fully saturated rings. The molecule has 0 amide bonds. The quantitative estimate of drug-likeness (QED) is 0.893. The Balaban J connectivity index is 2.61. The lowest BCUT2D eigenvalue weighted by atomic mass is 9.82. The molecule has 0 aliphatic rings. The molecule has 2 aromatic carbocycles. The van der Waals surface area contributed by atoms with Crippen molar-refractivity contribution < 1.29 is 9.84 Å². The number of aliphatic hydroxyl groups is 1. The van der Waals surface area contributed by atoms with Crippen LogP contribution < -0.4 is 0 Å². The van der Waals surface area contributed by atoms with Gasteiger partial charge in [0.25, 0.3) is 0 Å². The van der Waals surface area contributed by atoms with Gasteiger partial charge in [-0.25, -0.2) is 0 Å². The van der Waals surface area contributed by atoms with E-state index in [0.717, 1.165) is 11.1 Å². The van der Waals surface area contributed by atoms with E-state index < -0.39 is 11.7 Å². The van der Waals surface area contributed by atoms with Crippen molar-refractivity contribution in [3.05, 3.63) is 71.8 Å². The van der Waals surface area contributed by atoms with E-state index in [9.17, 15) is 5.11 Å². The lowest BCUT2D eigenvalue weighted by molar-refractivity contribution is -0.0710. The molecule has 2 nitrogen and oxygen atoms in total. The summed E-state index contributed by atoms with van der Waals surface area (Å²) >= 11 is 0. The summed E-state index contributed by atoms with van der Waals surface area (Å²) in [7, 11) is 1.63. The Morgan fingerprint density at radius 2 is 1.28 bits per heavy atom. The first kappa shape index (κ1) is 12.8. The van der Waals surface area contributed by atoms with E-state index in [-0.39, 0.29) is 0 Å². The van der Waals surface area contributed by atoms with Gasteiger partial charge in [0.2, 0.25) is 0 Å². The summed E-state index contributed by atoms with van der Waals surface area (Å²) in [6.45, 7) is 1.75. The molecule has 0 aromatic heterocycles. The molecular weight excluding hydrogens is 224 g/mol. The number of methoxy groups -OCH3 is 1. The van der Waals surface area contributed by atoms with Gasteiger partial charge in [-0.2, -0.15) is 0 Å². The fourth-order valence-corrected chi connectivity index (χ4v) is 2.43. The number of hydrogen-bond acceptors (Lipinski definition) is 2. The van der Waals surface area contributed by atoms with E-state index in [0.29, 0.717) is 0 Å². The molecule has 0 saturated heterocycles. The van der Waals surface area contributed by atoms with Crippen molar-refractivity contribution in [2.75, 3.05) is 7.11 Å². The van der Waals surface area contributed by atoms with Gasteiger partial charge in [-0.1, -0.05) is 60.7 Å². The molecule has 0 radical (unpaired) electrons. The summed E-state index contributed by atoms with van der Waals surface area (Å²) in [4.78, 5) is 0. The molecule has 0 heterocycles. The summed E-state index contributed by atoms with van der Waals surface area (Å²) in [5.74, 6) is 0. The van der Waals surface area contributed by atoms with Gasteiger partial charge in [-0.3, -0.25) is 0 Å². The van der Waals surface area contributed by atoms with Gasteiger partial charge in [0.05, 0.1) is 6.10 Å². The lowest BCUT2D eigenvalue weighted by Gasteiger charge is -2.36. The SMILES string of the molecule is COC(c1ccccc1)(c1ccccc1)[C@H](C)O. The van der Waals surface area contributed by atoms with E-state index in [1.807, 2.05) is 60.7 Å². The minimum atomic E-state index is -0.817. The maximum atomic E-state index is 10.2. The second-order valence-corrected chi connectivity index (χ2v) is 4.35. The Morgan fingerprint density at radius 1 is 0.889 bits per heavy atom. The first-order valence-electron chi connectivity index (χ1n) is 6.06. The fourth-order valence-electron chi connectivity index (χ4n) is 2.43. The van der Waals surface area contributed by atoms with Crippen molar-refractivity contribution >= 4 is 0 Å². The van der Waals surface area contributed by atoms with Crippen molar-refractivity contribution in [1.29, 1.82) is 0 Å². The Bertz CT molecular complexity index is 437. The van der Waals surface area contributed by atoms with Gasteiger partial charge in [0.1, 0.15) is 5.60 Å². The summed E-state index contributed by atoms with van der Waals surface area (Å²) in [6.07, 6.45) is -0.646. The van der Waals surface area contributed by atoms with Gasteiger partial charge in [0.15, 0.2) is 0 Å². The number of hydrogen-bond donors (Lipinski definition) is 1. The minimum absolute atomic E-state index is 0.646. The highest BCUT2D eigenvalue weighted by Gasteiger charge is 2.39. The molecule has 0 spiro atoms. The first-order chi connectivity index (χ1) is 8.71. The zero-order chi connectivity index (χ0) is 13.0. The molecule has 18 heavy (non-hydrogen) atoms. The second-order valence-electron chi connectivity index (χ2n) is 4.35. The van der Waals surface area contributed by atoms with Crippen molar-refractivity contribution in [3.63, 3.8) is 0 Å². The zero-order valence-corrected chi connectivity index (χ0v) is 10.7. The molecule has 1 atom stereocenters. The molecule has 0 unspecified atom stereocenters. The Labute approximate surface area is 108 Å². The largest absolute Gasteiger partial charge is 0.390 e. The van der Waals surface area contributed by atoms with Crippen LogP contribution in [0.4, 0.5) is 0 Å². The predicted octanol–water partition coefficient (Wildman–Crippen LogP) is 2.96. The molecular formula is C16H18O2. The van der Waals surface area contributed by atoms with E-state index in [1.54, 1.807) is 14.0 Å². The van der Waals surface area contributed by atoms with Crippen molar-refractivity contribution in [3.8, 4) is 0 Å². The van der Waals surface area contributed by atoms with Gasteiger partial charge < -0.3 is 9.84 Å². The highest BCUT2D eigenvalue weighted by Crippen LogP contribution is 2.36. The van der Waals surface area contributed by atoms with E-state index in [4.69, 9.17) is 4.74 Å². The second kappa shape index (κ2) is 5.34. The maximum absolute atomic E-state index is 10.2. The Morgan fingerprint density at radius 3 is 1.56 bits per heavy atom. The van der Waals surface area contributed by atoms with Crippen LogP contribution >= 0.6 is 0 Å². The predicted molar refractivity (Wildman–Crippen MR) is 72.4 cm³/mol. The van der Waals surface area contributed by atoms with E-state index in [2.05, 4.69) is 0 Å². The first-order valence-corrected chi connectivity index (χ1v) is 6.06. The van der Waals surface area contributed by atoms with Gasteiger partial charge >= 0.3 is 0 Å². The monoisotopic (exact) mass is 242 g/mol. The van der Waals surface area contributed by atoms with Crippen LogP contribution in [0.5, 0.6) is 0 Å². The average molecular weight is 242 g/mol. The molecule has 0 aliphatic carbocycles. The Kier molecular flexibility index (Phi) is 3.80. The van der Waals surface area contributed by atoms with Crippen LogP contribution in [-0.4, -0.2) is 18.3 Å². The molecule has 1 N–H and O–H groups in total. The van der Waals surface area contributed by atoms with Crippen LogP contribution in [0.1, 0.15) is 18.1 Å². The minimum Gasteiger partial charge on any atom is -0.390 e. The molecule has 0 bridgehead atoms. The third-order valence-electron chi connectivity index (χ3n) is 3.32. The van der Waals surface area contributed by atoms with E-state index in [1.165, 1.54) is 0 Å². The van der Waals surface area contributed by atoms with Gasteiger partial charge in [-0.15, -0.1) is 0 Å². The van der Waals surface area contributed by atoms with E-state index >= 15 is 0 Å². The standard InChI is InChI=1S/C16H18O2/c1-13(17)16(18-2,14-9-5-3-6-10-14)15-11-7-4-8-12-15/h3-13,17H,1-2H3/t13-/m0/s1. The molecule has 0 aliphatic heterocycles. The smallest absolute Gasteiger partial charge is 0.143 e. The van der Waals surface area contributed by atoms with Crippen molar-refractivity contribution in [2.45, 2.75) is 18.6 Å². The van der Waals surface area contributed by atoms with Gasteiger partial charge in [-0.05, 0) is 18.1 Å². The fraction of sp³-hybridized carbons (Fsp3) is 0.250. The third kappa shape index (κ3) is 2.05. The number of rotatable bonds is 4. The molecule has 94 valence electrons. The zero-order valence-electron chi connectivity index (χ0n) is 10.7. The number of benzene rings is 2. The highest BCUT2D eigenvalue weighted by atomic mass is 16.5. The summed E-state index contributed by atoms with van der Waals surface area (Å²) < 4.78 is 5.72. The Hall–Kier alpha value is -1.64. The topological polar surface area (TPSA) is 29.5 Å². The van der Waals surface area contributed by atoms with Crippen molar-refractivity contribution in [2.24, 2.45) is 0 Å². The van der Waals surface area contributed by atoms with Crippen LogP contribution in [0.2, 0.25) is 0 Å². The maximum Gasteiger partial charge on any atom is 0.143 e. The average Bonchev–Trinajstić information content (AvgIpc) is 2.42. The van der Waals surface area contributed by atoms with Crippen molar-refractivity contribution in [1.82, 2.24) is 0 Å². The molecule has 2 aromatic rings. The normalized spacial score (nSPS) is 13.3. The van der Waals surface area contributed by atoms with Crippen LogP contribution in [0.15, 0.2) is 60.7 Å². The summed E-state index contributed by atoms with van der Waals surface area (Å²) in [5, 5.41) is 10.2. The molecule has 0 saturated carbocycles. The van der Waals surface area contributed by atoms with Crippen LogP contribution in [0.3, 0.4) is 0 Å². The molecule has 2 rings (SSSR count). The molecule has 2 heteroatoms.